The van der Waals surface area contributed by atoms with Crippen molar-refractivity contribution in [2.75, 3.05) is 19.6 Å². The summed E-state index contributed by atoms with van der Waals surface area (Å²) in [6.45, 7) is 3.80. The maximum atomic E-state index is 10.2. The average Bonchev–Trinajstić information content (AvgIpc) is 2.92. The van der Waals surface area contributed by atoms with Crippen LogP contribution in [-0.2, 0) is 5.60 Å². The van der Waals surface area contributed by atoms with Crippen LogP contribution in [0.1, 0.15) is 31.9 Å². The van der Waals surface area contributed by atoms with Crippen LogP contribution in [0.5, 0.6) is 0 Å². The maximum Gasteiger partial charge on any atom is 0.191 e. The van der Waals surface area contributed by atoms with Gasteiger partial charge in [-0.3, -0.25) is 0 Å². The van der Waals surface area contributed by atoms with E-state index in [1.165, 1.54) is 6.42 Å². The Bertz CT molecular complexity index is 398. The number of halogens is 1. The molecule has 6 heteroatoms. The molecule has 0 aliphatic carbocycles. The molecule has 0 spiro atoms. The highest BCUT2D eigenvalue weighted by Crippen LogP contribution is 2.21. The standard InChI is InChI=1S/C13H21N3O2.HI/c1-13(17,11-6-5-9-18-11)10-15-12(14)16-7-3-2-4-8-16;/h5-6,9,17H,2-4,7-8,10H2,1H3,(H2,14,15);1H. The minimum atomic E-state index is -1.11. The summed E-state index contributed by atoms with van der Waals surface area (Å²) in [7, 11) is 0. The van der Waals surface area contributed by atoms with Crippen LogP contribution in [0.3, 0.4) is 0 Å². The van der Waals surface area contributed by atoms with Gasteiger partial charge in [0.05, 0.1) is 12.8 Å². The summed E-state index contributed by atoms with van der Waals surface area (Å²) in [6.07, 6.45) is 5.12. The number of nitrogens with two attached hydrogens (primary N) is 1. The highest BCUT2D eigenvalue weighted by molar-refractivity contribution is 14.0. The van der Waals surface area contributed by atoms with Gasteiger partial charge < -0.3 is 20.2 Å². The van der Waals surface area contributed by atoms with Crippen LogP contribution in [0.15, 0.2) is 27.8 Å². The summed E-state index contributed by atoms with van der Waals surface area (Å²) in [5, 5.41) is 10.2. The lowest BCUT2D eigenvalue weighted by Crippen LogP contribution is -2.41. The molecule has 1 atom stereocenters. The second-order valence-corrected chi connectivity index (χ2v) is 4.97. The summed E-state index contributed by atoms with van der Waals surface area (Å²) >= 11 is 0. The second-order valence-electron chi connectivity index (χ2n) is 4.97. The summed E-state index contributed by atoms with van der Waals surface area (Å²) < 4.78 is 5.20. The van der Waals surface area contributed by atoms with Gasteiger partial charge in [-0.25, -0.2) is 4.99 Å². The molecule has 1 unspecified atom stereocenters. The molecule has 3 N–H and O–H groups in total. The number of aliphatic hydroxyl groups is 1. The Labute approximate surface area is 130 Å². The molecule has 0 aromatic carbocycles. The predicted molar refractivity (Wildman–Crippen MR) is 85.6 cm³/mol. The highest BCUT2D eigenvalue weighted by atomic mass is 127. The van der Waals surface area contributed by atoms with Crippen LogP contribution < -0.4 is 5.73 Å². The minimum absolute atomic E-state index is 0. The Hall–Kier alpha value is -0.760. The van der Waals surface area contributed by atoms with E-state index < -0.39 is 5.60 Å². The van der Waals surface area contributed by atoms with E-state index >= 15 is 0 Å². The summed E-state index contributed by atoms with van der Waals surface area (Å²) in [5.74, 6) is 1.03. The fraction of sp³-hybridized carbons (Fsp3) is 0.615. The number of guanidine groups is 1. The van der Waals surface area contributed by atoms with Gasteiger partial charge in [0, 0.05) is 13.1 Å². The fourth-order valence-electron chi connectivity index (χ4n) is 2.12. The van der Waals surface area contributed by atoms with Gasteiger partial charge in [0.1, 0.15) is 11.4 Å². The number of furan rings is 1. The van der Waals surface area contributed by atoms with Crippen molar-refractivity contribution in [3.05, 3.63) is 24.2 Å². The zero-order valence-electron chi connectivity index (χ0n) is 11.2. The van der Waals surface area contributed by atoms with E-state index in [-0.39, 0.29) is 30.5 Å². The molecule has 0 radical (unpaired) electrons. The van der Waals surface area contributed by atoms with Crippen molar-refractivity contribution >= 4 is 29.9 Å². The van der Waals surface area contributed by atoms with E-state index in [1.54, 1.807) is 25.3 Å². The maximum absolute atomic E-state index is 10.2. The van der Waals surface area contributed by atoms with Crippen molar-refractivity contribution in [2.45, 2.75) is 31.8 Å². The number of piperidine rings is 1. The van der Waals surface area contributed by atoms with E-state index in [1.807, 2.05) is 0 Å². The smallest absolute Gasteiger partial charge is 0.191 e. The Balaban J connectivity index is 0.00000180. The molecule has 5 nitrogen and oxygen atoms in total. The van der Waals surface area contributed by atoms with Crippen LogP contribution >= 0.6 is 24.0 Å². The predicted octanol–water partition coefficient (Wildman–Crippen LogP) is 1.91. The highest BCUT2D eigenvalue weighted by Gasteiger charge is 2.26. The summed E-state index contributed by atoms with van der Waals surface area (Å²) in [4.78, 5) is 6.36. The average molecular weight is 379 g/mol. The van der Waals surface area contributed by atoms with Crippen LogP contribution in [0.4, 0.5) is 0 Å². The SMILES string of the molecule is CC(O)(CN=C(N)N1CCCCC1)c1ccco1.I. The molecule has 1 fully saturated rings. The molecule has 1 aliphatic heterocycles. The molecule has 1 aromatic rings. The molecule has 108 valence electrons. The number of likely N-dealkylation sites (tertiary alicyclic amines) is 1. The van der Waals surface area contributed by atoms with E-state index in [4.69, 9.17) is 10.2 Å². The van der Waals surface area contributed by atoms with Crippen LogP contribution in [0, 0.1) is 0 Å². The largest absolute Gasteiger partial charge is 0.466 e. The third-order valence-electron chi connectivity index (χ3n) is 3.28. The third-order valence-corrected chi connectivity index (χ3v) is 3.28. The minimum Gasteiger partial charge on any atom is -0.466 e. The second kappa shape index (κ2) is 7.14. The third kappa shape index (κ3) is 4.38. The first-order chi connectivity index (χ1) is 8.59. The van der Waals surface area contributed by atoms with Gasteiger partial charge in [0.2, 0.25) is 0 Å². The van der Waals surface area contributed by atoms with Gasteiger partial charge in [-0.2, -0.15) is 0 Å². The van der Waals surface area contributed by atoms with E-state index in [0.717, 1.165) is 25.9 Å². The van der Waals surface area contributed by atoms with E-state index in [2.05, 4.69) is 9.89 Å². The molecule has 19 heavy (non-hydrogen) atoms. The van der Waals surface area contributed by atoms with Gasteiger partial charge >= 0.3 is 0 Å². The Morgan fingerprint density at radius 1 is 1.47 bits per heavy atom. The van der Waals surface area contributed by atoms with E-state index in [9.17, 15) is 5.11 Å². The molecule has 2 rings (SSSR count). The van der Waals surface area contributed by atoms with Crippen molar-refractivity contribution in [3.8, 4) is 0 Å². The topological polar surface area (TPSA) is 75.0 Å². The Morgan fingerprint density at radius 2 is 2.16 bits per heavy atom. The quantitative estimate of drug-likeness (QED) is 0.478. The Morgan fingerprint density at radius 3 is 2.74 bits per heavy atom. The van der Waals surface area contributed by atoms with Gasteiger partial charge in [-0.15, -0.1) is 24.0 Å². The van der Waals surface area contributed by atoms with Crippen LogP contribution in [0.2, 0.25) is 0 Å². The molecular weight excluding hydrogens is 357 g/mol. The van der Waals surface area contributed by atoms with Gasteiger partial charge in [0.25, 0.3) is 0 Å². The number of rotatable bonds is 3. The van der Waals surface area contributed by atoms with Crippen LogP contribution in [0.25, 0.3) is 0 Å². The summed E-state index contributed by atoms with van der Waals surface area (Å²) in [5.41, 5.74) is 4.84. The molecule has 0 bridgehead atoms. The lowest BCUT2D eigenvalue weighted by molar-refractivity contribution is 0.0435. The summed E-state index contributed by atoms with van der Waals surface area (Å²) in [6, 6.07) is 3.49. The zero-order chi connectivity index (χ0) is 13.0. The van der Waals surface area contributed by atoms with Crippen molar-refractivity contribution in [3.63, 3.8) is 0 Å². The Kier molecular flexibility index (Phi) is 6.12. The van der Waals surface area contributed by atoms with Crippen molar-refractivity contribution in [2.24, 2.45) is 10.7 Å². The first-order valence-corrected chi connectivity index (χ1v) is 6.41. The zero-order valence-corrected chi connectivity index (χ0v) is 13.5. The molecule has 1 saturated heterocycles. The number of nitrogens with zero attached hydrogens (tertiary/aromatic N) is 2. The molecule has 2 heterocycles. The fourth-order valence-corrected chi connectivity index (χ4v) is 2.12. The van der Waals surface area contributed by atoms with Crippen LogP contribution in [-0.4, -0.2) is 35.6 Å². The van der Waals surface area contributed by atoms with Gasteiger partial charge in [-0.1, -0.05) is 0 Å². The van der Waals surface area contributed by atoms with Crippen molar-refractivity contribution < 1.29 is 9.52 Å². The number of aliphatic imine (C=N–C) groups is 1. The van der Waals surface area contributed by atoms with Gasteiger partial charge in [-0.05, 0) is 38.3 Å². The molecular formula is C13H22IN3O2. The lowest BCUT2D eigenvalue weighted by atomic mass is 10.0. The molecule has 1 aromatic heterocycles. The normalized spacial score (nSPS) is 19.7. The monoisotopic (exact) mass is 379 g/mol. The van der Waals surface area contributed by atoms with E-state index in [0.29, 0.717) is 11.7 Å². The first-order valence-electron chi connectivity index (χ1n) is 6.41. The van der Waals surface area contributed by atoms with Gasteiger partial charge in [0.15, 0.2) is 5.96 Å². The van der Waals surface area contributed by atoms with Crippen molar-refractivity contribution in [1.29, 1.82) is 0 Å². The molecule has 0 saturated carbocycles. The molecule has 0 amide bonds. The number of hydrogen-bond acceptors (Lipinski definition) is 3. The number of hydrogen-bond donors (Lipinski definition) is 2. The van der Waals surface area contributed by atoms with Crippen molar-refractivity contribution in [1.82, 2.24) is 4.90 Å². The molecule has 1 aliphatic rings. The first kappa shape index (κ1) is 16.3. The lowest BCUT2D eigenvalue weighted by Gasteiger charge is -2.28.